The number of phenolic OH excluding ortho intramolecular Hbond substituents is 3. The van der Waals surface area contributed by atoms with Crippen LogP contribution in [-0.2, 0) is 12.8 Å². The summed E-state index contributed by atoms with van der Waals surface area (Å²) in [6.45, 7) is 4.26. The minimum absolute atomic E-state index is 0.167. The van der Waals surface area contributed by atoms with E-state index in [-0.39, 0.29) is 23.2 Å². The molecule has 0 spiro atoms. The molecule has 3 nitrogen and oxygen atoms in total. The minimum Gasteiger partial charge on any atom is -0.508 e. The summed E-state index contributed by atoms with van der Waals surface area (Å²) in [4.78, 5) is 0. The largest absolute Gasteiger partial charge is 0.508 e. The molecule has 0 saturated carbocycles. The van der Waals surface area contributed by atoms with Crippen LogP contribution < -0.4 is 0 Å². The zero-order valence-electron chi connectivity index (χ0n) is 15.8. The number of aromatic hydroxyl groups is 3. The van der Waals surface area contributed by atoms with Crippen LogP contribution in [0.25, 0.3) is 11.1 Å². The van der Waals surface area contributed by atoms with E-state index in [4.69, 9.17) is 0 Å². The summed E-state index contributed by atoms with van der Waals surface area (Å²) in [5.41, 5.74) is 4.70. The lowest BCUT2D eigenvalue weighted by atomic mass is 9.91. The van der Waals surface area contributed by atoms with Gasteiger partial charge in [-0.05, 0) is 71.8 Å². The molecule has 0 radical (unpaired) electrons. The summed E-state index contributed by atoms with van der Waals surface area (Å²) in [6.07, 6.45) is 2.76. The highest BCUT2D eigenvalue weighted by atomic mass is 16.3. The van der Waals surface area contributed by atoms with Gasteiger partial charge in [-0.3, -0.25) is 0 Å². The first-order chi connectivity index (χ1) is 13.0. The van der Waals surface area contributed by atoms with Gasteiger partial charge < -0.3 is 15.3 Å². The Kier molecular flexibility index (Phi) is 5.70. The highest BCUT2D eigenvalue weighted by Gasteiger charge is 2.13. The highest BCUT2D eigenvalue weighted by Crippen LogP contribution is 2.37. The van der Waals surface area contributed by atoms with Crippen molar-refractivity contribution < 1.29 is 15.3 Å². The van der Waals surface area contributed by atoms with Crippen molar-refractivity contribution >= 4 is 0 Å². The third kappa shape index (κ3) is 4.43. The number of aryl methyl sites for hydroxylation is 1. The van der Waals surface area contributed by atoms with E-state index >= 15 is 0 Å². The van der Waals surface area contributed by atoms with Gasteiger partial charge in [0.15, 0.2) is 0 Å². The maximum atomic E-state index is 10.4. The Morgan fingerprint density at radius 2 is 1.30 bits per heavy atom. The molecule has 0 amide bonds. The summed E-state index contributed by atoms with van der Waals surface area (Å²) >= 11 is 0. The van der Waals surface area contributed by atoms with Gasteiger partial charge in [0.05, 0.1) is 0 Å². The molecule has 27 heavy (non-hydrogen) atoms. The van der Waals surface area contributed by atoms with E-state index in [1.807, 2.05) is 36.4 Å². The van der Waals surface area contributed by atoms with E-state index in [1.54, 1.807) is 24.3 Å². The molecule has 0 aromatic heterocycles. The van der Waals surface area contributed by atoms with E-state index in [1.165, 1.54) is 0 Å². The Morgan fingerprint density at radius 1 is 0.741 bits per heavy atom. The summed E-state index contributed by atoms with van der Waals surface area (Å²) in [5, 5.41) is 30.2. The number of phenols is 3. The van der Waals surface area contributed by atoms with Crippen LogP contribution in [0.1, 0.15) is 42.9 Å². The first-order valence-electron chi connectivity index (χ1n) is 9.41. The number of rotatable bonds is 6. The van der Waals surface area contributed by atoms with Crippen molar-refractivity contribution in [3.05, 3.63) is 77.4 Å². The minimum atomic E-state index is 0.167. The molecule has 140 valence electrons. The number of benzene rings is 3. The predicted molar refractivity (Wildman–Crippen MR) is 109 cm³/mol. The normalized spacial score (nSPS) is 12.1. The van der Waals surface area contributed by atoms with E-state index in [2.05, 4.69) is 13.8 Å². The smallest absolute Gasteiger partial charge is 0.123 e. The van der Waals surface area contributed by atoms with Gasteiger partial charge >= 0.3 is 0 Å². The quantitative estimate of drug-likeness (QED) is 0.522. The second kappa shape index (κ2) is 8.17. The van der Waals surface area contributed by atoms with Crippen molar-refractivity contribution in [2.75, 3.05) is 0 Å². The van der Waals surface area contributed by atoms with Crippen molar-refractivity contribution in [2.45, 2.75) is 39.0 Å². The third-order valence-corrected chi connectivity index (χ3v) is 4.95. The van der Waals surface area contributed by atoms with Crippen LogP contribution in [-0.4, -0.2) is 15.3 Å². The Labute approximate surface area is 160 Å². The molecule has 3 aromatic carbocycles. The molecule has 0 aliphatic carbocycles. The summed E-state index contributed by atoms with van der Waals surface area (Å²) < 4.78 is 0. The molecule has 0 heterocycles. The third-order valence-electron chi connectivity index (χ3n) is 4.95. The van der Waals surface area contributed by atoms with Crippen LogP contribution >= 0.6 is 0 Å². The second-order valence-corrected chi connectivity index (χ2v) is 7.15. The standard InChI is InChI=1S/C24H26O3/c1-3-4-17-5-11-23(26)21(14-17)22-15-18(6-12-24(22)27)13-16(2)19-7-9-20(25)10-8-19/h5-12,14-16,25-27H,3-4,13H2,1-2H3. The summed E-state index contributed by atoms with van der Waals surface area (Å²) in [5.74, 6) is 0.872. The monoisotopic (exact) mass is 362 g/mol. The van der Waals surface area contributed by atoms with Gasteiger partial charge in [0, 0.05) is 11.1 Å². The molecule has 0 saturated heterocycles. The van der Waals surface area contributed by atoms with Crippen LogP contribution in [0.5, 0.6) is 17.2 Å². The fourth-order valence-electron chi connectivity index (χ4n) is 3.44. The maximum Gasteiger partial charge on any atom is 0.123 e. The van der Waals surface area contributed by atoms with Gasteiger partial charge in [-0.25, -0.2) is 0 Å². The molecule has 0 bridgehead atoms. The van der Waals surface area contributed by atoms with Crippen LogP contribution in [0.15, 0.2) is 60.7 Å². The molecule has 1 unspecified atom stereocenters. The topological polar surface area (TPSA) is 60.7 Å². The van der Waals surface area contributed by atoms with E-state index in [0.29, 0.717) is 11.1 Å². The number of hydrogen-bond donors (Lipinski definition) is 3. The summed E-state index contributed by atoms with van der Waals surface area (Å²) in [7, 11) is 0. The average Bonchev–Trinajstić information content (AvgIpc) is 2.66. The zero-order valence-corrected chi connectivity index (χ0v) is 15.8. The zero-order chi connectivity index (χ0) is 19.4. The fraction of sp³-hybridized carbons (Fsp3) is 0.250. The van der Waals surface area contributed by atoms with E-state index < -0.39 is 0 Å². The molecular weight excluding hydrogens is 336 g/mol. The Balaban J connectivity index is 1.90. The molecule has 0 fully saturated rings. The predicted octanol–water partition coefficient (Wildman–Crippen LogP) is 5.77. The molecule has 3 rings (SSSR count). The average molecular weight is 362 g/mol. The summed E-state index contributed by atoms with van der Waals surface area (Å²) in [6, 6.07) is 18.4. The lowest BCUT2D eigenvalue weighted by Crippen LogP contribution is -1.98. The molecular formula is C24H26O3. The Bertz CT molecular complexity index is 913. The van der Waals surface area contributed by atoms with Crippen LogP contribution in [0.2, 0.25) is 0 Å². The van der Waals surface area contributed by atoms with Crippen LogP contribution in [0, 0.1) is 0 Å². The maximum absolute atomic E-state index is 10.4. The lowest BCUT2D eigenvalue weighted by molar-refractivity contribution is 0.468. The molecule has 1 atom stereocenters. The van der Waals surface area contributed by atoms with E-state index in [9.17, 15) is 15.3 Å². The fourth-order valence-corrected chi connectivity index (χ4v) is 3.44. The Hall–Kier alpha value is -2.94. The van der Waals surface area contributed by atoms with Crippen molar-refractivity contribution in [1.29, 1.82) is 0 Å². The van der Waals surface area contributed by atoms with Crippen LogP contribution in [0.4, 0.5) is 0 Å². The van der Waals surface area contributed by atoms with Crippen molar-refractivity contribution in [2.24, 2.45) is 0 Å². The molecule has 3 heteroatoms. The highest BCUT2D eigenvalue weighted by molar-refractivity contribution is 5.76. The van der Waals surface area contributed by atoms with Crippen molar-refractivity contribution in [3.8, 4) is 28.4 Å². The number of hydrogen-bond acceptors (Lipinski definition) is 3. The van der Waals surface area contributed by atoms with E-state index in [0.717, 1.165) is 36.0 Å². The molecule has 0 aliphatic rings. The van der Waals surface area contributed by atoms with Gasteiger partial charge in [0.25, 0.3) is 0 Å². The SMILES string of the molecule is CCCc1ccc(O)c(-c2cc(CC(C)c3ccc(O)cc3)ccc2O)c1. The first kappa shape index (κ1) is 18.8. The van der Waals surface area contributed by atoms with Gasteiger partial charge in [-0.2, -0.15) is 0 Å². The van der Waals surface area contributed by atoms with Gasteiger partial charge in [-0.15, -0.1) is 0 Å². The molecule has 0 aliphatic heterocycles. The Morgan fingerprint density at radius 3 is 1.89 bits per heavy atom. The molecule has 3 aromatic rings. The van der Waals surface area contributed by atoms with Gasteiger partial charge in [0.2, 0.25) is 0 Å². The van der Waals surface area contributed by atoms with Crippen molar-refractivity contribution in [1.82, 2.24) is 0 Å². The lowest BCUT2D eigenvalue weighted by Gasteiger charge is -2.15. The molecule has 3 N–H and O–H groups in total. The van der Waals surface area contributed by atoms with Gasteiger partial charge in [0.1, 0.15) is 17.2 Å². The van der Waals surface area contributed by atoms with Crippen LogP contribution in [0.3, 0.4) is 0 Å². The second-order valence-electron chi connectivity index (χ2n) is 7.15. The van der Waals surface area contributed by atoms with Gasteiger partial charge in [-0.1, -0.05) is 44.5 Å². The first-order valence-corrected chi connectivity index (χ1v) is 9.41. The van der Waals surface area contributed by atoms with Crippen molar-refractivity contribution in [3.63, 3.8) is 0 Å².